The van der Waals surface area contributed by atoms with Crippen molar-refractivity contribution in [3.63, 3.8) is 0 Å². The van der Waals surface area contributed by atoms with E-state index >= 15 is 0 Å². The van der Waals surface area contributed by atoms with E-state index in [1.54, 1.807) is 6.20 Å². The molecule has 0 fully saturated rings. The third-order valence-electron chi connectivity index (χ3n) is 4.33. The molecule has 130 valence electrons. The van der Waals surface area contributed by atoms with E-state index in [0.717, 1.165) is 34.5 Å². The molecule has 2 heterocycles. The molecule has 0 spiro atoms. The van der Waals surface area contributed by atoms with Crippen LogP contribution in [0.4, 0.5) is 5.95 Å². The molecule has 1 unspecified atom stereocenters. The molecule has 4 rings (SSSR count). The zero-order valence-electron chi connectivity index (χ0n) is 14.8. The minimum Gasteiger partial charge on any atom is -0.343 e. The second-order valence-corrected chi connectivity index (χ2v) is 6.28. The summed E-state index contributed by atoms with van der Waals surface area (Å²) in [5, 5.41) is 11.6. The lowest BCUT2D eigenvalue weighted by atomic mass is 10.2. The summed E-state index contributed by atoms with van der Waals surface area (Å²) in [5.74, 6) is 1.37. The summed E-state index contributed by atoms with van der Waals surface area (Å²) in [5.41, 5.74) is 5.01. The Balaban J connectivity index is 1.62. The van der Waals surface area contributed by atoms with E-state index in [2.05, 4.69) is 51.5 Å². The number of aromatic amines is 1. The summed E-state index contributed by atoms with van der Waals surface area (Å²) < 4.78 is 0. The Morgan fingerprint density at radius 3 is 2.73 bits per heavy atom. The molecular formula is C20H20N6. The van der Waals surface area contributed by atoms with Gasteiger partial charge in [0.1, 0.15) is 5.82 Å². The minimum atomic E-state index is -0.0180. The first-order valence-electron chi connectivity index (χ1n) is 8.71. The molecule has 0 aliphatic carbocycles. The zero-order valence-corrected chi connectivity index (χ0v) is 14.8. The summed E-state index contributed by atoms with van der Waals surface area (Å²) in [6.45, 7) is 4.18. The maximum atomic E-state index is 4.71. The molecule has 0 aliphatic heterocycles. The number of benzene rings is 2. The van der Waals surface area contributed by atoms with Gasteiger partial charge in [0, 0.05) is 5.56 Å². The van der Waals surface area contributed by atoms with Gasteiger partial charge in [0.2, 0.25) is 5.95 Å². The van der Waals surface area contributed by atoms with Crippen molar-refractivity contribution in [2.45, 2.75) is 26.3 Å². The fourth-order valence-corrected chi connectivity index (χ4v) is 2.94. The summed E-state index contributed by atoms with van der Waals surface area (Å²) in [6.07, 6.45) is 2.52. The Bertz CT molecular complexity index is 1020. The summed E-state index contributed by atoms with van der Waals surface area (Å²) in [4.78, 5) is 12.7. The van der Waals surface area contributed by atoms with Gasteiger partial charge in [-0.15, -0.1) is 5.10 Å². The lowest BCUT2D eigenvalue weighted by Crippen LogP contribution is -2.14. The fraction of sp³-hybridized carbons (Fsp3) is 0.200. The molecule has 2 aromatic heterocycles. The highest BCUT2D eigenvalue weighted by molar-refractivity contribution is 5.76. The second kappa shape index (κ2) is 6.92. The number of hydrogen-bond acceptors (Lipinski definition) is 5. The van der Waals surface area contributed by atoms with Gasteiger partial charge in [-0.05, 0) is 31.0 Å². The van der Waals surface area contributed by atoms with E-state index in [9.17, 15) is 0 Å². The highest BCUT2D eigenvalue weighted by atomic mass is 15.2. The van der Waals surface area contributed by atoms with E-state index in [4.69, 9.17) is 4.98 Å². The largest absolute Gasteiger partial charge is 0.343 e. The van der Waals surface area contributed by atoms with E-state index in [0.29, 0.717) is 5.95 Å². The predicted molar refractivity (Wildman–Crippen MR) is 103 cm³/mol. The molecule has 0 bridgehead atoms. The lowest BCUT2D eigenvalue weighted by Gasteiger charge is -2.14. The highest BCUT2D eigenvalue weighted by Crippen LogP contribution is 2.23. The lowest BCUT2D eigenvalue weighted by molar-refractivity contribution is 0.694. The van der Waals surface area contributed by atoms with Gasteiger partial charge in [-0.25, -0.2) is 9.97 Å². The SMILES string of the molecule is CCC(Nc1nncc(-c2ccccc2)n1)c1nc2ccc(C)cc2[nH]1. The van der Waals surface area contributed by atoms with E-state index in [-0.39, 0.29) is 6.04 Å². The first-order chi connectivity index (χ1) is 12.7. The third-order valence-corrected chi connectivity index (χ3v) is 4.33. The van der Waals surface area contributed by atoms with Crippen molar-refractivity contribution in [2.24, 2.45) is 0 Å². The first-order valence-corrected chi connectivity index (χ1v) is 8.71. The number of aromatic nitrogens is 5. The van der Waals surface area contributed by atoms with Crippen molar-refractivity contribution in [1.29, 1.82) is 0 Å². The van der Waals surface area contributed by atoms with Crippen molar-refractivity contribution < 1.29 is 0 Å². The van der Waals surface area contributed by atoms with Gasteiger partial charge in [0.25, 0.3) is 0 Å². The maximum Gasteiger partial charge on any atom is 0.243 e. The number of imidazole rings is 1. The Labute approximate surface area is 151 Å². The second-order valence-electron chi connectivity index (χ2n) is 6.28. The normalized spacial score (nSPS) is 12.2. The maximum absolute atomic E-state index is 4.71. The number of aryl methyl sites for hydroxylation is 1. The van der Waals surface area contributed by atoms with E-state index < -0.39 is 0 Å². The van der Waals surface area contributed by atoms with Crippen molar-refractivity contribution in [3.05, 3.63) is 66.1 Å². The molecule has 2 N–H and O–H groups in total. The van der Waals surface area contributed by atoms with Crippen LogP contribution >= 0.6 is 0 Å². The van der Waals surface area contributed by atoms with Crippen LogP contribution in [0.3, 0.4) is 0 Å². The number of nitrogens with zero attached hydrogens (tertiary/aromatic N) is 4. The molecule has 0 saturated carbocycles. The van der Waals surface area contributed by atoms with Gasteiger partial charge in [0.05, 0.1) is 29.0 Å². The summed E-state index contributed by atoms with van der Waals surface area (Å²) >= 11 is 0. The average Bonchev–Trinajstić information content (AvgIpc) is 3.10. The van der Waals surface area contributed by atoms with Crippen LogP contribution in [0.25, 0.3) is 22.3 Å². The fourth-order valence-electron chi connectivity index (χ4n) is 2.94. The minimum absolute atomic E-state index is 0.0180. The van der Waals surface area contributed by atoms with E-state index in [1.165, 1.54) is 5.56 Å². The molecule has 1 atom stereocenters. The van der Waals surface area contributed by atoms with Crippen LogP contribution in [0.5, 0.6) is 0 Å². The van der Waals surface area contributed by atoms with Gasteiger partial charge in [-0.1, -0.05) is 43.3 Å². The number of anilines is 1. The summed E-state index contributed by atoms with van der Waals surface area (Å²) in [6, 6.07) is 16.1. The van der Waals surface area contributed by atoms with Crippen LogP contribution in [0.2, 0.25) is 0 Å². The van der Waals surface area contributed by atoms with Crippen molar-refractivity contribution in [2.75, 3.05) is 5.32 Å². The number of hydrogen-bond donors (Lipinski definition) is 2. The van der Waals surface area contributed by atoms with Gasteiger partial charge in [-0.2, -0.15) is 5.10 Å². The Kier molecular flexibility index (Phi) is 4.31. The van der Waals surface area contributed by atoms with Gasteiger partial charge in [-0.3, -0.25) is 0 Å². The molecule has 4 aromatic rings. The van der Waals surface area contributed by atoms with Crippen molar-refractivity contribution in [3.8, 4) is 11.3 Å². The van der Waals surface area contributed by atoms with Gasteiger partial charge in [0.15, 0.2) is 0 Å². The number of rotatable bonds is 5. The van der Waals surface area contributed by atoms with Crippen LogP contribution in [0.15, 0.2) is 54.7 Å². The van der Waals surface area contributed by atoms with Crippen LogP contribution in [0.1, 0.15) is 30.8 Å². The summed E-state index contributed by atoms with van der Waals surface area (Å²) in [7, 11) is 0. The quantitative estimate of drug-likeness (QED) is 0.565. The monoisotopic (exact) mass is 344 g/mol. The topological polar surface area (TPSA) is 79.4 Å². The van der Waals surface area contributed by atoms with Crippen LogP contribution in [-0.2, 0) is 0 Å². The Morgan fingerprint density at radius 1 is 1.08 bits per heavy atom. The molecule has 0 amide bonds. The molecule has 26 heavy (non-hydrogen) atoms. The number of nitrogens with one attached hydrogen (secondary N) is 2. The molecule has 6 nitrogen and oxygen atoms in total. The van der Waals surface area contributed by atoms with Crippen molar-refractivity contribution >= 4 is 17.0 Å². The predicted octanol–water partition coefficient (Wildman–Crippen LogP) is 4.29. The average molecular weight is 344 g/mol. The molecule has 0 saturated heterocycles. The molecule has 0 aliphatic rings. The van der Waals surface area contributed by atoms with Gasteiger partial charge >= 0.3 is 0 Å². The zero-order chi connectivity index (χ0) is 17.9. The van der Waals surface area contributed by atoms with Crippen LogP contribution in [-0.4, -0.2) is 25.1 Å². The highest BCUT2D eigenvalue weighted by Gasteiger charge is 2.16. The van der Waals surface area contributed by atoms with E-state index in [1.807, 2.05) is 36.4 Å². The molecule has 0 radical (unpaired) electrons. The third kappa shape index (κ3) is 3.26. The Hall–Kier alpha value is -3.28. The smallest absolute Gasteiger partial charge is 0.243 e. The van der Waals surface area contributed by atoms with Crippen LogP contribution in [0, 0.1) is 6.92 Å². The number of H-pyrrole nitrogens is 1. The van der Waals surface area contributed by atoms with Crippen LogP contribution < -0.4 is 5.32 Å². The van der Waals surface area contributed by atoms with Gasteiger partial charge < -0.3 is 10.3 Å². The Morgan fingerprint density at radius 2 is 1.92 bits per heavy atom. The molecule has 6 heteroatoms. The number of fused-ring (bicyclic) bond motifs is 1. The molecule has 2 aromatic carbocycles. The molecular weight excluding hydrogens is 324 g/mol. The standard InChI is InChI=1S/C20H20N6/c1-3-15(19-22-16-10-9-13(2)11-17(16)23-19)24-20-25-18(12-21-26-20)14-7-5-4-6-8-14/h4-12,15H,3H2,1-2H3,(H,22,23)(H,24,25,26). The van der Waals surface area contributed by atoms with Crippen molar-refractivity contribution in [1.82, 2.24) is 25.1 Å². The first kappa shape index (κ1) is 16.2.